The number of anilines is 1. The first-order valence-corrected chi connectivity index (χ1v) is 7.46. The van der Waals surface area contributed by atoms with Gasteiger partial charge in [-0.1, -0.05) is 35.0 Å². The summed E-state index contributed by atoms with van der Waals surface area (Å²) in [7, 11) is 0. The first-order valence-electron chi connectivity index (χ1n) is 6.66. The van der Waals surface area contributed by atoms with Crippen molar-refractivity contribution in [1.82, 2.24) is 9.55 Å². The van der Waals surface area contributed by atoms with Crippen molar-refractivity contribution in [3.8, 4) is 0 Å². The van der Waals surface area contributed by atoms with Gasteiger partial charge in [-0.05, 0) is 38.0 Å². The summed E-state index contributed by atoms with van der Waals surface area (Å²) in [5, 5.41) is 3.39. The largest absolute Gasteiger partial charge is 0.356 e. The molecule has 1 atom stereocenters. The molecule has 0 amide bonds. The Kier molecular flexibility index (Phi) is 4.64. The number of benzene rings is 1. The second-order valence-corrected chi connectivity index (χ2v) is 5.69. The van der Waals surface area contributed by atoms with E-state index in [2.05, 4.69) is 69.0 Å². The van der Waals surface area contributed by atoms with E-state index in [1.165, 1.54) is 5.56 Å². The molecule has 1 unspecified atom stereocenters. The summed E-state index contributed by atoms with van der Waals surface area (Å²) < 4.78 is 3.31. The van der Waals surface area contributed by atoms with Crippen LogP contribution in [0.4, 0.5) is 5.95 Å². The van der Waals surface area contributed by atoms with Gasteiger partial charge in [0.2, 0.25) is 5.95 Å². The molecule has 0 saturated carbocycles. The van der Waals surface area contributed by atoms with Crippen LogP contribution in [0.15, 0.2) is 34.9 Å². The normalized spacial score (nSPS) is 12.4. The molecule has 102 valence electrons. The van der Waals surface area contributed by atoms with Gasteiger partial charge in [-0.15, -0.1) is 0 Å². The standard InChI is InChI=1S/C15H20BrN3/c1-4-8-17-15-18-11(2)10-19(15)12(3)13-6-5-7-14(16)9-13/h5-7,9-10,12H,4,8H2,1-3H3,(H,17,18). The number of hydrogen-bond donors (Lipinski definition) is 1. The molecule has 1 aromatic carbocycles. The lowest BCUT2D eigenvalue weighted by molar-refractivity contribution is 0.642. The monoisotopic (exact) mass is 321 g/mol. The summed E-state index contributed by atoms with van der Waals surface area (Å²) in [6, 6.07) is 8.68. The highest BCUT2D eigenvalue weighted by Gasteiger charge is 2.13. The lowest BCUT2D eigenvalue weighted by Crippen LogP contribution is -2.12. The zero-order valence-electron chi connectivity index (χ0n) is 11.7. The molecule has 2 aromatic rings. The van der Waals surface area contributed by atoms with Gasteiger partial charge in [-0.2, -0.15) is 0 Å². The van der Waals surface area contributed by atoms with Crippen LogP contribution in [0.3, 0.4) is 0 Å². The summed E-state index contributed by atoms with van der Waals surface area (Å²) in [4.78, 5) is 4.56. The van der Waals surface area contributed by atoms with E-state index in [1.54, 1.807) is 0 Å². The molecule has 19 heavy (non-hydrogen) atoms. The van der Waals surface area contributed by atoms with Crippen molar-refractivity contribution >= 4 is 21.9 Å². The Morgan fingerprint density at radius 3 is 2.89 bits per heavy atom. The Morgan fingerprint density at radius 2 is 2.21 bits per heavy atom. The first-order chi connectivity index (χ1) is 9.11. The fraction of sp³-hybridized carbons (Fsp3) is 0.400. The molecule has 1 aromatic heterocycles. The third-order valence-corrected chi connectivity index (χ3v) is 3.63. The van der Waals surface area contributed by atoms with Gasteiger partial charge < -0.3 is 9.88 Å². The third kappa shape index (κ3) is 3.38. The first kappa shape index (κ1) is 14.1. The summed E-state index contributed by atoms with van der Waals surface area (Å²) in [6.07, 6.45) is 3.20. The van der Waals surface area contributed by atoms with E-state index >= 15 is 0 Å². The summed E-state index contributed by atoms with van der Waals surface area (Å²) in [5.41, 5.74) is 2.31. The molecule has 2 rings (SSSR count). The fourth-order valence-corrected chi connectivity index (χ4v) is 2.52. The van der Waals surface area contributed by atoms with E-state index in [1.807, 2.05) is 13.0 Å². The molecule has 0 aliphatic carbocycles. The van der Waals surface area contributed by atoms with Crippen LogP contribution in [-0.2, 0) is 0 Å². The van der Waals surface area contributed by atoms with Gasteiger partial charge >= 0.3 is 0 Å². The van der Waals surface area contributed by atoms with E-state index in [0.717, 1.165) is 29.1 Å². The van der Waals surface area contributed by atoms with Crippen molar-refractivity contribution in [2.45, 2.75) is 33.2 Å². The Hall–Kier alpha value is -1.29. The molecule has 3 nitrogen and oxygen atoms in total. The van der Waals surface area contributed by atoms with Crippen molar-refractivity contribution in [3.05, 3.63) is 46.2 Å². The maximum absolute atomic E-state index is 4.56. The number of hydrogen-bond acceptors (Lipinski definition) is 2. The second-order valence-electron chi connectivity index (χ2n) is 4.77. The Bertz CT molecular complexity index is 548. The van der Waals surface area contributed by atoms with E-state index < -0.39 is 0 Å². The molecule has 1 N–H and O–H groups in total. The number of aromatic nitrogens is 2. The molecule has 4 heteroatoms. The van der Waals surface area contributed by atoms with Crippen molar-refractivity contribution in [2.24, 2.45) is 0 Å². The van der Waals surface area contributed by atoms with Crippen LogP contribution in [0.1, 0.15) is 37.6 Å². The Morgan fingerprint density at radius 1 is 1.42 bits per heavy atom. The molecule has 0 fully saturated rings. The molecule has 0 aliphatic heterocycles. The maximum atomic E-state index is 4.56. The van der Waals surface area contributed by atoms with Crippen molar-refractivity contribution in [2.75, 3.05) is 11.9 Å². The topological polar surface area (TPSA) is 29.9 Å². The minimum absolute atomic E-state index is 0.262. The van der Waals surface area contributed by atoms with Gasteiger partial charge in [-0.25, -0.2) is 4.98 Å². The highest BCUT2D eigenvalue weighted by atomic mass is 79.9. The molecule has 0 saturated heterocycles. The SMILES string of the molecule is CCCNc1nc(C)cn1C(C)c1cccc(Br)c1. The maximum Gasteiger partial charge on any atom is 0.203 e. The average molecular weight is 322 g/mol. The smallest absolute Gasteiger partial charge is 0.203 e. The molecular weight excluding hydrogens is 302 g/mol. The molecule has 1 heterocycles. The number of halogens is 1. The van der Waals surface area contributed by atoms with Gasteiger partial charge in [0.05, 0.1) is 11.7 Å². The molecule has 0 radical (unpaired) electrons. The van der Waals surface area contributed by atoms with E-state index in [4.69, 9.17) is 0 Å². The zero-order valence-corrected chi connectivity index (χ0v) is 13.2. The van der Waals surface area contributed by atoms with Gasteiger partial charge in [0.25, 0.3) is 0 Å². The molecule has 0 bridgehead atoms. The van der Waals surface area contributed by atoms with Crippen LogP contribution < -0.4 is 5.32 Å². The average Bonchev–Trinajstić information content (AvgIpc) is 2.76. The number of nitrogens with zero attached hydrogens (tertiary/aromatic N) is 2. The van der Waals surface area contributed by atoms with Gasteiger partial charge in [0, 0.05) is 17.2 Å². The lowest BCUT2D eigenvalue weighted by Gasteiger charge is -2.17. The number of aryl methyl sites for hydroxylation is 1. The van der Waals surface area contributed by atoms with Crippen LogP contribution in [0, 0.1) is 6.92 Å². The molecular formula is C15H20BrN3. The van der Waals surface area contributed by atoms with Gasteiger partial charge in [-0.3, -0.25) is 0 Å². The van der Waals surface area contributed by atoms with Gasteiger partial charge in [0.1, 0.15) is 0 Å². The number of imidazole rings is 1. The predicted octanol–water partition coefficient (Wildman–Crippen LogP) is 4.39. The van der Waals surface area contributed by atoms with Crippen molar-refractivity contribution in [1.29, 1.82) is 0 Å². The summed E-state index contributed by atoms with van der Waals surface area (Å²) >= 11 is 3.53. The van der Waals surface area contributed by atoms with Crippen LogP contribution >= 0.6 is 15.9 Å². The van der Waals surface area contributed by atoms with Crippen LogP contribution in [0.2, 0.25) is 0 Å². The molecule has 0 spiro atoms. The highest BCUT2D eigenvalue weighted by Crippen LogP contribution is 2.25. The van der Waals surface area contributed by atoms with Crippen LogP contribution in [-0.4, -0.2) is 16.1 Å². The fourth-order valence-electron chi connectivity index (χ4n) is 2.11. The van der Waals surface area contributed by atoms with E-state index in [0.29, 0.717) is 0 Å². The summed E-state index contributed by atoms with van der Waals surface area (Å²) in [5.74, 6) is 0.951. The van der Waals surface area contributed by atoms with Crippen molar-refractivity contribution in [3.63, 3.8) is 0 Å². The quantitative estimate of drug-likeness (QED) is 0.885. The Balaban J connectivity index is 2.30. The lowest BCUT2D eigenvalue weighted by atomic mass is 10.1. The third-order valence-electron chi connectivity index (χ3n) is 3.13. The predicted molar refractivity (Wildman–Crippen MR) is 83.7 cm³/mol. The van der Waals surface area contributed by atoms with Crippen LogP contribution in [0.5, 0.6) is 0 Å². The minimum Gasteiger partial charge on any atom is -0.356 e. The second kappa shape index (κ2) is 6.24. The van der Waals surface area contributed by atoms with E-state index in [-0.39, 0.29) is 6.04 Å². The zero-order chi connectivity index (χ0) is 13.8. The summed E-state index contributed by atoms with van der Waals surface area (Å²) in [6.45, 7) is 7.33. The number of nitrogens with one attached hydrogen (secondary N) is 1. The number of rotatable bonds is 5. The van der Waals surface area contributed by atoms with Crippen molar-refractivity contribution < 1.29 is 0 Å². The highest BCUT2D eigenvalue weighted by molar-refractivity contribution is 9.10. The Labute approximate surface area is 123 Å². The minimum atomic E-state index is 0.262. The van der Waals surface area contributed by atoms with E-state index in [9.17, 15) is 0 Å². The molecule has 0 aliphatic rings. The van der Waals surface area contributed by atoms with Gasteiger partial charge in [0.15, 0.2) is 0 Å². The van der Waals surface area contributed by atoms with Crippen LogP contribution in [0.25, 0.3) is 0 Å².